The topological polar surface area (TPSA) is 66.4 Å². The van der Waals surface area contributed by atoms with Crippen molar-refractivity contribution in [3.8, 4) is 0 Å². The number of carbonyl (C=O) groups is 2. The van der Waals surface area contributed by atoms with Crippen LogP contribution < -0.4 is 5.32 Å². The maximum Gasteiger partial charge on any atom is 0.303 e. The lowest BCUT2D eigenvalue weighted by molar-refractivity contribution is -0.137. The zero-order valence-electron chi connectivity index (χ0n) is 9.85. The molecular weight excluding hydrogens is 218 g/mol. The van der Waals surface area contributed by atoms with Crippen molar-refractivity contribution in [3.63, 3.8) is 0 Å². The Kier molecular flexibility index (Phi) is 5.20. The minimum absolute atomic E-state index is 0.0266. The van der Waals surface area contributed by atoms with Crippen LogP contribution in [0.5, 0.6) is 0 Å². The first-order valence-electron chi connectivity index (χ1n) is 5.67. The van der Waals surface area contributed by atoms with Gasteiger partial charge in [-0.05, 0) is 12.5 Å². The molecule has 1 aromatic rings. The number of amides is 1. The number of carbonyl (C=O) groups excluding carboxylic acids is 1. The van der Waals surface area contributed by atoms with Gasteiger partial charge in [0.15, 0.2) is 0 Å². The third-order valence-corrected chi connectivity index (χ3v) is 2.50. The summed E-state index contributed by atoms with van der Waals surface area (Å²) in [7, 11) is 0. The largest absolute Gasteiger partial charge is 0.481 e. The second-order valence-corrected chi connectivity index (χ2v) is 3.86. The van der Waals surface area contributed by atoms with Crippen LogP contribution in [-0.2, 0) is 9.59 Å². The molecule has 1 aromatic carbocycles. The normalized spacial score (nSPS) is 11.8. The predicted octanol–water partition coefficient (Wildman–Crippen LogP) is 1.77. The van der Waals surface area contributed by atoms with Gasteiger partial charge in [0, 0.05) is 18.9 Å². The van der Waals surface area contributed by atoms with Gasteiger partial charge >= 0.3 is 5.97 Å². The van der Waals surface area contributed by atoms with E-state index in [0.29, 0.717) is 6.54 Å². The molecular formula is C13H17NO3. The molecule has 1 rings (SSSR count). The number of nitrogens with one attached hydrogen (secondary N) is 1. The van der Waals surface area contributed by atoms with Crippen LogP contribution in [0.2, 0.25) is 0 Å². The van der Waals surface area contributed by atoms with Crippen LogP contribution in [0.1, 0.15) is 31.2 Å². The Morgan fingerprint density at radius 3 is 2.41 bits per heavy atom. The average molecular weight is 235 g/mol. The van der Waals surface area contributed by atoms with Gasteiger partial charge in [-0.2, -0.15) is 0 Å². The van der Waals surface area contributed by atoms with Gasteiger partial charge in [0.05, 0.1) is 6.42 Å². The molecule has 4 nitrogen and oxygen atoms in total. The van der Waals surface area contributed by atoms with Crippen molar-refractivity contribution in [3.05, 3.63) is 35.9 Å². The molecule has 0 aliphatic rings. The lowest BCUT2D eigenvalue weighted by Crippen LogP contribution is -2.25. The molecule has 0 saturated heterocycles. The summed E-state index contributed by atoms with van der Waals surface area (Å²) in [5, 5.41) is 11.5. The molecule has 0 unspecified atom stereocenters. The highest BCUT2D eigenvalue weighted by Gasteiger charge is 2.18. The molecule has 0 fully saturated rings. The average Bonchev–Trinajstić information content (AvgIpc) is 2.29. The highest BCUT2D eigenvalue weighted by atomic mass is 16.4. The molecule has 0 aromatic heterocycles. The lowest BCUT2D eigenvalue weighted by atomic mass is 9.92. The molecule has 0 heterocycles. The Balaban J connectivity index is 2.74. The maximum absolute atomic E-state index is 11.5. The Labute approximate surface area is 101 Å². The third kappa shape index (κ3) is 4.68. The van der Waals surface area contributed by atoms with E-state index in [2.05, 4.69) is 5.32 Å². The highest BCUT2D eigenvalue weighted by Crippen LogP contribution is 2.23. The van der Waals surface area contributed by atoms with Gasteiger partial charge in [0.1, 0.15) is 0 Å². The van der Waals surface area contributed by atoms with E-state index < -0.39 is 5.97 Å². The zero-order valence-corrected chi connectivity index (χ0v) is 9.85. The van der Waals surface area contributed by atoms with Crippen molar-refractivity contribution in [2.75, 3.05) is 6.54 Å². The second kappa shape index (κ2) is 6.68. The van der Waals surface area contributed by atoms with Gasteiger partial charge in [-0.25, -0.2) is 0 Å². The summed E-state index contributed by atoms with van der Waals surface area (Å²) in [6, 6.07) is 9.27. The minimum Gasteiger partial charge on any atom is -0.481 e. The van der Waals surface area contributed by atoms with Crippen molar-refractivity contribution in [1.82, 2.24) is 5.32 Å². The van der Waals surface area contributed by atoms with Gasteiger partial charge < -0.3 is 10.4 Å². The highest BCUT2D eigenvalue weighted by molar-refractivity contribution is 5.78. The number of benzene rings is 1. The van der Waals surface area contributed by atoms with Crippen LogP contribution in [0.4, 0.5) is 0 Å². The first kappa shape index (κ1) is 13.2. The predicted molar refractivity (Wildman–Crippen MR) is 64.7 cm³/mol. The Morgan fingerprint density at radius 2 is 1.88 bits per heavy atom. The Morgan fingerprint density at radius 1 is 1.24 bits per heavy atom. The van der Waals surface area contributed by atoms with Gasteiger partial charge in [0.2, 0.25) is 5.91 Å². The van der Waals surface area contributed by atoms with Crippen LogP contribution in [0.25, 0.3) is 0 Å². The molecule has 0 spiro atoms. The van der Waals surface area contributed by atoms with Crippen molar-refractivity contribution in [1.29, 1.82) is 0 Å². The number of carboxylic acids is 1. The lowest BCUT2D eigenvalue weighted by Gasteiger charge is -2.14. The fourth-order valence-corrected chi connectivity index (χ4v) is 1.74. The first-order valence-corrected chi connectivity index (χ1v) is 5.67. The summed E-state index contributed by atoms with van der Waals surface area (Å²) >= 11 is 0. The molecule has 17 heavy (non-hydrogen) atoms. The van der Waals surface area contributed by atoms with E-state index >= 15 is 0 Å². The van der Waals surface area contributed by atoms with Gasteiger partial charge in [-0.1, -0.05) is 30.3 Å². The van der Waals surface area contributed by atoms with E-state index in [9.17, 15) is 9.59 Å². The zero-order chi connectivity index (χ0) is 12.7. The van der Waals surface area contributed by atoms with Crippen molar-refractivity contribution >= 4 is 11.9 Å². The van der Waals surface area contributed by atoms with Crippen LogP contribution in [0, 0.1) is 0 Å². The molecule has 0 aliphatic carbocycles. The quantitative estimate of drug-likeness (QED) is 0.789. The third-order valence-electron chi connectivity index (χ3n) is 2.50. The summed E-state index contributed by atoms with van der Waals surface area (Å²) in [4.78, 5) is 22.3. The Bertz CT molecular complexity index is 376. The monoisotopic (exact) mass is 235 g/mol. The summed E-state index contributed by atoms with van der Waals surface area (Å²) < 4.78 is 0. The van der Waals surface area contributed by atoms with E-state index in [1.54, 1.807) is 0 Å². The van der Waals surface area contributed by atoms with Crippen LogP contribution in [-0.4, -0.2) is 23.5 Å². The number of rotatable bonds is 6. The molecule has 0 bridgehead atoms. The van der Waals surface area contributed by atoms with E-state index in [1.807, 2.05) is 37.3 Å². The van der Waals surface area contributed by atoms with Gasteiger partial charge in [0.25, 0.3) is 0 Å². The molecule has 1 atom stereocenters. The van der Waals surface area contributed by atoms with Crippen molar-refractivity contribution < 1.29 is 14.7 Å². The molecule has 1 amide bonds. The van der Waals surface area contributed by atoms with Gasteiger partial charge in [-0.3, -0.25) is 9.59 Å². The molecule has 0 saturated carbocycles. The minimum atomic E-state index is -0.886. The van der Waals surface area contributed by atoms with E-state index in [0.717, 1.165) is 5.56 Å². The molecule has 4 heteroatoms. The summed E-state index contributed by atoms with van der Waals surface area (Å²) in [6.45, 7) is 2.40. The van der Waals surface area contributed by atoms with Crippen molar-refractivity contribution in [2.45, 2.75) is 25.7 Å². The number of hydrogen-bond acceptors (Lipinski definition) is 2. The van der Waals surface area contributed by atoms with E-state index in [4.69, 9.17) is 5.11 Å². The number of hydrogen-bond donors (Lipinski definition) is 2. The summed E-state index contributed by atoms with van der Waals surface area (Å²) in [5.41, 5.74) is 0.890. The molecule has 92 valence electrons. The standard InChI is InChI=1S/C13H17NO3/c1-2-14-12(15)8-11(9-13(16)17)10-6-4-3-5-7-10/h3-7,11H,2,8-9H2,1H3,(H,14,15)(H,16,17)/t11-/m0/s1. The van der Waals surface area contributed by atoms with Crippen LogP contribution >= 0.6 is 0 Å². The smallest absolute Gasteiger partial charge is 0.303 e. The van der Waals surface area contributed by atoms with Gasteiger partial charge in [-0.15, -0.1) is 0 Å². The van der Waals surface area contributed by atoms with E-state index in [1.165, 1.54) is 0 Å². The van der Waals surface area contributed by atoms with Crippen LogP contribution in [0.15, 0.2) is 30.3 Å². The fraction of sp³-hybridized carbons (Fsp3) is 0.385. The first-order chi connectivity index (χ1) is 8.13. The number of carboxylic acid groups (broad SMARTS) is 1. The summed E-state index contributed by atoms with van der Waals surface area (Å²) in [5.74, 6) is -1.26. The SMILES string of the molecule is CCNC(=O)C[C@@H](CC(=O)O)c1ccccc1. The summed E-state index contributed by atoms with van der Waals surface area (Å²) in [6.07, 6.45) is 0.186. The van der Waals surface area contributed by atoms with E-state index in [-0.39, 0.29) is 24.7 Å². The Hall–Kier alpha value is -1.84. The molecule has 0 radical (unpaired) electrons. The second-order valence-electron chi connectivity index (χ2n) is 3.86. The van der Waals surface area contributed by atoms with Crippen LogP contribution in [0.3, 0.4) is 0 Å². The number of aliphatic carboxylic acids is 1. The van der Waals surface area contributed by atoms with Crippen molar-refractivity contribution in [2.24, 2.45) is 0 Å². The molecule has 2 N–H and O–H groups in total. The molecule has 0 aliphatic heterocycles. The fourth-order valence-electron chi connectivity index (χ4n) is 1.74. The maximum atomic E-state index is 11.5.